The van der Waals surface area contributed by atoms with Gasteiger partial charge in [0.15, 0.2) is 5.78 Å². The molecule has 2 aromatic carbocycles. The van der Waals surface area contributed by atoms with Crippen molar-refractivity contribution in [2.24, 2.45) is 22.2 Å². The number of hydrogen-bond acceptors (Lipinski definition) is 5. The molecule has 1 fully saturated rings. The number of Topliss-reactive ketones (excluding diaryl/α,β-unsaturated/α-hetero) is 3. The van der Waals surface area contributed by atoms with Crippen LogP contribution in [-0.4, -0.2) is 30.6 Å². The molecule has 2 atom stereocenters. The second-order valence-corrected chi connectivity index (χ2v) is 14.1. The van der Waals surface area contributed by atoms with Crippen molar-refractivity contribution in [3.8, 4) is 11.5 Å². The Bertz CT molecular complexity index is 1220. The van der Waals surface area contributed by atoms with Crippen molar-refractivity contribution in [1.82, 2.24) is 0 Å². The molecule has 3 rings (SSSR count). The molecule has 0 spiro atoms. The van der Waals surface area contributed by atoms with E-state index in [0.29, 0.717) is 36.7 Å². The molecule has 1 saturated carbocycles. The molecule has 1 unspecified atom stereocenters. The fourth-order valence-electron chi connectivity index (χ4n) is 7.21. The maximum atomic E-state index is 14.3. The van der Waals surface area contributed by atoms with Gasteiger partial charge in [-0.15, -0.1) is 0 Å². The molecule has 1 aliphatic carbocycles. The van der Waals surface area contributed by atoms with Gasteiger partial charge in [0.2, 0.25) is 0 Å². The van der Waals surface area contributed by atoms with Crippen LogP contribution in [0.15, 0.2) is 42.5 Å². The van der Waals surface area contributed by atoms with E-state index in [0.717, 1.165) is 31.2 Å². The summed E-state index contributed by atoms with van der Waals surface area (Å²) >= 11 is 0. The third kappa shape index (κ3) is 8.11. The zero-order chi connectivity index (χ0) is 31.3. The highest BCUT2D eigenvalue weighted by Crippen LogP contribution is 2.57. The molecule has 0 radical (unpaired) electrons. The van der Waals surface area contributed by atoms with Crippen molar-refractivity contribution in [2.75, 3.05) is 13.2 Å². The van der Waals surface area contributed by atoms with Crippen LogP contribution in [0.5, 0.6) is 11.5 Å². The summed E-state index contributed by atoms with van der Waals surface area (Å²) in [5.41, 5.74) is 2.14. The number of benzene rings is 2. The number of carbonyl (C=O) groups excluding carboxylic acids is 3. The maximum absolute atomic E-state index is 14.3. The third-order valence-corrected chi connectivity index (χ3v) is 9.13. The average Bonchev–Trinajstić information content (AvgIpc) is 2.87. The van der Waals surface area contributed by atoms with Gasteiger partial charge < -0.3 is 9.47 Å². The number of carbonyl (C=O) groups is 3. The molecule has 0 heterocycles. The van der Waals surface area contributed by atoms with Crippen LogP contribution >= 0.6 is 0 Å². The summed E-state index contributed by atoms with van der Waals surface area (Å²) in [6, 6.07) is 14.3. The molecule has 0 amide bonds. The molecule has 2 aromatic rings. The van der Waals surface area contributed by atoms with Crippen molar-refractivity contribution in [1.29, 1.82) is 0 Å². The van der Waals surface area contributed by atoms with E-state index in [1.54, 1.807) is 6.92 Å². The van der Waals surface area contributed by atoms with Gasteiger partial charge in [-0.05, 0) is 99.8 Å². The van der Waals surface area contributed by atoms with Crippen LogP contribution in [0.25, 0.3) is 0 Å². The van der Waals surface area contributed by atoms with Gasteiger partial charge in [-0.25, -0.2) is 0 Å². The van der Waals surface area contributed by atoms with Crippen molar-refractivity contribution in [3.05, 3.63) is 59.2 Å². The topological polar surface area (TPSA) is 69.7 Å². The molecular weight excluding hydrogens is 524 g/mol. The molecule has 42 heavy (non-hydrogen) atoms. The van der Waals surface area contributed by atoms with Gasteiger partial charge in [-0.2, -0.15) is 0 Å². The normalized spacial score (nSPS) is 17.1. The van der Waals surface area contributed by atoms with Gasteiger partial charge in [-0.3, -0.25) is 14.4 Å². The van der Waals surface area contributed by atoms with E-state index in [9.17, 15) is 14.4 Å². The van der Waals surface area contributed by atoms with E-state index in [1.807, 2.05) is 32.0 Å². The Kier molecular flexibility index (Phi) is 10.8. The van der Waals surface area contributed by atoms with Crippen LogP contribution in [0, 0.1) is 22.2 Å². The largest absolute Gasteiger partial charge is 0.493 e. The van der Waals surface area contributed by atoms with Crippen LogP contribution in [0.2, 0.25) is 0 Å². The first kappa shape index (κ1) is 33.6. The Balaban J connectivity index is 1.98. The van der Waals surface area contributed by atoms with Crippen LogP contribution in [-0.2, 0) is 16.0 Å². The highest BCUT2D eigenvalue weighted by atomic mass is 16.5. The smallest absolute Gasteiger partial charge is 0.167 e. The van der Waals surface area contributed by atoms with E-state index < -0.39 is 5.41 Å². The lowest BCUT2D eigenvalue weighted by molar-refractivity contribution is -0.147. The van der Waals surface area contributed by atoms with Gasteiger partial charge in [0.1, 0.15) is 28.6 Å². The van der Waals surface area contributed by atoms with Gasteiger partial charge in [0.05, 0.1) is 13.2 Å². The molecule has 0 N–H and O–H groups in total. The van der Waals surface area contributed by atoms with Gasteiger partial charge in [0.25, 0.3) is 0 Å². The zero-order valence-corrected chi connectivity index (χ0v) is 27.4. The quantitative estimate of drug-likeness (QED) is 0.187. The maximum Gasteiger partial charge on any atom is 0.167 e. The van der Waals surface area contributed by atoms with E-state index in [4.69, 9.17) is 9.47 Å². The highest BCUT2D eigenvalue weighted by Gasteiger charge is 2.53. The van der Waals surface area contributed by atoms with E-state index in [1.165, 1.54) is 12.5 Å². The molecule has 0 aromatic heterocycles. The Morgan fingerprint density at radius 1 is 0.929 bits per heavy atom. The minimum absolute atomic E-state index is 0.0121. The van der Waals surface area contributed by atoms with Crippen LogP contribution in [0.4, 0.5) is 0 Å². The lowest BCUT2D eigenvalue weighted by Gasteiger charge is -2.52. The average molecular weight is 577 g/mol. The lowest BCUT2D eigenvalue weighted by Crippen LogP contribution is -2.49. The van der Waals surface area contributed by atoms with Crippen molar-refractivity contribution in [3.63, 3.8) is 0 Å². The lowest BCUT2D eigenvalue weighted by atomic mass is 9.50. The molecular formula is C37H52O5. The van der Waals surface area contributed by atoms with Gasteiger partial charge in [-0.1, -0.05) is 65.0 Å². The first-order chi connectivity index (χ1) is 19.6. The highest BCUT2D eigenvalue weighted by molar-refractivity contribution is 6.00. The summed E-state index contributed by atoms with van der Waals surface area (Å²) in [6.45, 7) is 18.7. The fourth-order valence-corrected chi connectivity index (χ4v) is 7.21. The summed E-state index contributed by atoms with van der Waals surface area (Å²) in [7, 11) is 0. The third-order valence-electron chi connectivity index (χ3n) is 9.13. The fraction of sp³-hybridized carbons (Fsp3) is 0.595. The van der Waals surface area contributed by atoms with Crippen molar-refractivity contribution < 1.29 is 23.9 Å². The Hall–Kier alpha value is -2.95. The zero-order valence-electron chi connectivity index (χ0n) is 27.4. The molecule has 0 saturated heterocycles. The van der Waals surface area contributed by atoms with E-state index >= 15 is 0 Å². The predicted octanol–water partition coefficient (Wildman–Crippen LogP) is 8.81. The monoisotopic (exact) mass is 576 g/mol. The summed E-state index contributed by atoms with van der Waals surface area (Å²) in [6.07, 6.45) is 4.27. The number of ketones is 3. The minimum Gasteiger partial charge on any atom is -0.493 e. The van der Waals surface area contributed by atoms with Gasteiger partial charge in [0, 0.05) is 17.8 Å². The molecule has 5 nitrogen and oxygen atoms in total. The molecule has 5 heteroatoms. The Morgan fingerprint density at radius 3 is 1.93 bits per heavy atom. The first-order valence-electron chi connectivity index (χ1n) is 15.7. The number of rotatable bonds is 16. The molecule has 0 aliphatic heterocycles. The molecule has 0 bridgehead atoms. The van der Waals surface area contributed by atoms with Crippen molar-refractivity contribution in [2.45, 2.75) is 107 Å². The summed E-state index contributed by atoms with van der Waals surface area (Å²) in [4.78, 5) is 39.7. The van der Waals surface area contributed by atoms with Crippen LogP contribution in [0.3, 0.4) is 0 Å². The molecule has 230 valence electrons. The van der Waals surface area contributed by atoms with Crippen LogP contribution in [0.1, 0.15) is 122 Å². The Labute approximate surface area is 253 Å². The minimum atomic E-state index is -0.566. The number of hydrogen-bond donors (Lipinski definition) is 0. The standard InChI is InChI=1S/C37H52O5/c1-10-41-32-19-29(20-33(42-11-2)34(32)26(4)38)25(3)30(17-18-35(6,7)21-28-15-13-12-14-16-28)31(40)22-37(27(5)39)23-36(8,9)24-37/h12-16,19-20,25,30H,10-11,17-18,21-24H2,1-9H3/t25-,30?/m1/s1. The van der Waals surface area contributed by atoms with Gasteiger partial charge >= 0.3 is 0 Å². The predicted molar refractivity (Wildman–Crippen MR) is 170 cm³/mol. The Morgan fingerprint density at radius 2 is 1.48 bits per heavy atom. The summed E-state index contributed by atoms with van der Waals surface area (Å²) in [5.74, 6) is 0.703. The van der Waals surface area contributed by atoms with Crippen LogP contribution < -0.4 is 9.47 Å². The molecule has 1 aliphatic rings. The first-order valence-corrected chi connectivity index (χ1v) is 15.7. The summed E-state index contributed by atoms with van der Waals surface area (Å²) < 4.78 is 11.9. The van der Waals surface area contributed by atoms with Crippen molar-refractivity contribution >= 4 is 17.3 Å². The second-order valence-electron chi connectivity index (χ2n) is 14.1. The number of ether oxygens (including phenoxy) is 2. The SMILES string of the molecule is CCOc1cc([C@@H](C)C(CCC(C)(C)Cc2ccccc2)C(=O)CC2(C(C)=O)CC(C)(C)C2)cc(OCC)c1C(C)=O. The van der Waals surface area contributed by atoms with E-state index in [2.05, 4.69) is 58.9 Å². The van der Waals surface area contributed by atoms with E-state index in [-0.39, 0.29) is 46.4 Å². The second kappa shape index (κ2) is 13.6. The summed E-state index contributed by atoms with van der Waals surface area (Å²) in [5, 5.41) is 0.